The van der Waals surface area contributed by atoms with E-state index in [-0.39, 0.29) is 36.5 Å². The number of carbonyl (C=O) groups excluding carboxylic acids is 3. The molecule has 1 unspecified atom stereocenters. The Bertz CT molecular complexity index is 1420. The number of hydrogen-bond acceptors (Lipinski definition) is 8. The van der Waals surface area contributed by atoms with Crippen LogP contribution in [0.3, 0.4) is 0 Å². The minimum absolute atomic E-state index is 0.0255. The van der Waals surface area contributed by atoms with Gasteiger partial charge in [-0.25, -0.2) is 0 Å². The number of nitrogens with two attached hydrogens (primary N) is 1. The number of carbonyl (C=O) groups is 3. The number of thioether (sulfide) groups is 1. The SMILES string of the molecule is CC(=O)NC1CCN(CC(O)Cn2nc(-c3ccc(C(F)(F)F)c(SCCN4CCCC4)c3)c3c2CCN(C(=O)C(N)=O)C3)CC1. The van der Waals surface area contributed by atoms with E-state index in [1.807, 2.05) is 0 Å². The van der Waals surface area contributed by atoms with Crippen LogP contribution in [0.15, 0.2) is 23.1 Å². The van der Waals surface area contributed by atoms with Gasteiger partial charge in [-0.15, -0.1) is 11.8 Å². The van der Waals surface area contributed by atoms with Crippen molar-refractivity contribution >= 4 is 29.5 Å². The van der Waals surface area contributed by atoms with Crippen LogP contribution in [0.1, 0.15) is 49.4 Å². The molecular weight excluding hydrogens is 623 g/mol. The van der Waals surface area contributed by atoms with Gasteiger partial charge in [0.25, 0.3) is 0 Å². The van der Waals surface area contributed by atoms with Crippen LogP contribution >= 0.6 is 11.8 Å². The third-order valence-electron chi connectivity index (χ3n) is 8.90. The molecule has 4 N–H and O–H groups in total. The predicted octanol–water partition coefficient (Wildman–Crippen LogP) is 2.09. The molecule has 3 aliphatic rings. The van der Waals surface area contributed by atoms with Crippen molar-refractivity contribution in [2.45, 2.75) is 75.3 Å². The highest BCUT2D eigenvalue weighted by Crippen LogP contribution is 2.40. The number of piperidine rings is 1. The van der Waals surface area contributed by atoms with Crippen molar-refractivity contribution < 1.29 is 32.7 Å². The van der Waals surface area contributed by atoms with E-state index < -0.39 is 29.7 Å². The summed E-state index contributed by atoms with van der Waals surface area (Å²) in [6.45, 7) is 6.33. The van der Waals surface area contributed by atoms with E-state index >= 15 is 0 Å². The lowest BCUT2D eigenvalue weighted by atomic mass is 9.99. The van der Waals surface area contributed by atoms with Crippen LogP contribution in [0.2, 0.25) is 0 Å². The van der Waals surface area contributed by atoms with Crippen molar-refractivity contribution in [1.82, 2.24) is 29.8 Å². The van der Waals surface area contributed by atoms with Gasteiger partial charge in [-0.1, -0.05) is 6.07 Å². The number of aliphatic hydroxyl groups is 1. The highest BCUT2D eigenvalue weighted by molar-refractivity contribution is 7.99. The molecule has 2 saturated heterocycles. The number of rotatable bonds is 10. The Kier molecular flexibility index (Phi) is 11.0. The molecule has 3 amide bonds. The van der Waals surface area contributed by atoms with Crippen molar-refractivity contribution in [3.05, 3.63) is 35.0 Å². The zero-order valence-electron chi connectivity index (χ0n) is 26.0. The molecule has 2 fully saturated rings. The minimum Gasteiger partial charge on any atom is -0.390 e. The van der Waals surface area contributed by atoms with Gasteiger partial charge in [0.2, 0.25) is 5.91 Å². The smallest absolute Gasteiger partial charge is 0.390 e. The summed E-state index contributed by atoms with van der Waals surface area (Å²) in [5.74, 6) is -1.47. The molecule has 5 rings (SSSR count). The molecule has 1 aromatic carbocycles. The fourth-order valence-corrected chi connectivity index (χ4v) is 7.74. The largest absolute Gasteiger partial charge is 0.417 e. The maximum absolute atomic E-state index is 14.0. The van der Waals surface area contributed by atoms with E-state index in [0.717, 1.165) is 63.6 Å². The number of halogens is 3. The molecule has 0 bridgehead atoms. The zero-order chi connectivity index (χ0) is 33.0. The van der Waals surface area contributed by atoms with Crippen LogP contribution in [0.4, 0.5) is 13.2 Å². The first kappa shape index (κ1) is 34.2. The predicted molar refractivity (Wildman–Crippen MR) is 167 cm³/mol. The van der Waals surface area contributed by atoms with E-state index in [9.17, 15) is 32.7 Å². The third kappa shape index (κ3) is 8.41. The highest BCUT2D eigenvalue weighted by atomic mass is 32.2. The second-order valence-corrected chi connectivity index (χ2v) is 13.5. The lowest BCUT2D eigenvalue weighted by molar-refractivity contribution is -0.144. The van der Waals surface area contributed by atoms with Crippen LogP contribution in [0, 0.1) is 0 Å². The van der Waals surface area contributed by atoms with Crippen LogP contribution in [0.5, 0.6) is 0 Å². The summed E-state index contributed by atoms with van der Waals surface area (Å²) in [5, 5.41) is 18.8. The van der Waals surface area contributed by atoms with Gasteiger partial charge in [-0.05, 0) is 50.9 Å². The molecule has 0 saturated carbocycles. The van der Waals surface area contributed by atoms with Crippen molar-refractivity contribution in [2.75, 3.05) is 51.6 Å². The fraction of sp³-hybridized carbons (Fsp3) is 0.613. The minimum atomic E-state index is -4.53. The molecule has 11 nitrogen and oxygen atoms in total. The van der Waals surface area contributed by atoms with Gasteiger partial charge in [0, 0.05) is 79.6 Å². The molecule has 0 spiro atoms. The number of alkyl halides is 3. The summed E-state index contributed by atoms with van der Waals surface area (Å²) in [4.78, 5) is 41.4. The average molecular weight is 666 g/mol. The summed E-state index contributed by atoms with van der Waals surface area (Å²) in [6, 6.07) is 4.09. The normalized spacial score (nSPS) is 18.8. The molecule has 0 aliphatic carbocycles. The molecule has 252 valence electrons. The molecule has 2 aromatic rings. The number of nitrogens with zero attached hydrogens (tertiary/aromatic N) is 5. The molecule has 3 aliphatic heterocycles. The average Bonchev–Trinajstić information content (AvgIpc) is 3.65. The quantitative estimate of drug-likeness (QED) is 0.259. The number of fused-ring (bicyclic) bond motifs is 1. The second kappa shape index (κ2) is 14.7. The Balaban J connectivity index is 1.39. The van der Waals surface area contributed by atoms with E-state index in [1.54, 1.807) is 4.68 Å². The lowest BCUT2D eigenvalue weighted by Gasteiger charge is -2.33. The van der Waals surface area contributed by atoms with E-state index in [2.05, 4.69) is 15.1 Å². The number of amides is 3. The second-order valence-electron chi connectivity index (χ2n) is 12.3. The van der Waals surface area contributed by atoms with Crippen molar-refractivity contribution in [3.63, 3.8) is 0 Å². The van der Waals surface area contributed by atoms with E-state index in [4.69, 9.17) is 10.8 Å². The van der Waals surface area contributed by atoms with Gasteiger partial charge in [0.05, 0.1) is 30.5 Å². The Morgan fingerprint density at radius 2 is 1.80 bits per heavy atom. The van der Waals surface area contributed by atoms with Gasteiger partial charge in [0.15, 0.2) is 0 Å². The van der Waals surface area contributed by atoms with Crippen LogP contribution in [-0.2, 0) is 40.1 Å². The van der Waals surface area contributed by atoms with Crippen LogP contribution < -0.4 is 11.1 Å². The van der Waals surface area contributed by atoms with Gasteiger partial charge < -0.3 is 30.9 Å². The van der Waals surface area contributed by atoms with Crippen molar-refractivity contribution in [2.24, 2.45) is 5.73 Å². The summed E-state index contributed by atoms with van der Waals surface area (Å²) in [5.41, 5.74) is 6.83. The van der Waals surface area contributed by atoms with Crippen LogP contribution in [0.25, 0.3) is 11.3 Å². The Hall–Kier alpha value is -3.14. The zero-order valence-corrected chi connectivity index (χ0v) is 26.8. The molecular formula is C31H42F3N7O4S. The van der Waals surface area contributed by atoms with Gasteiger partial charge in [-0.2, -0.15) is 18.3 Å². The Morgan fingerprint density at radius 3 is 2.46 bits per heavy atom. The maximum Gasteiger partial charge on any atom is 0.417 e. The number of aliphatic hydroxyl groups excluding tert-OH is 1. The number of likely N-dealkylation sites (tertiary alicyclic amines) is 2. The molecule has 1 atom stereocenters. The first-order valence-corrected chi connectivity index (χ1v) is 16.8. The van der Waals surface area contributed by atoms with Crippen molar-refractivity contribution in [3.8, 4) is 11.3 Å². The number of benzene rings is 1. The van der Waals surface area contributed by atoms with Gasteiger partial charge >= 0.3 is 18.0 Å². The fourth-order valence-electron chi connectivity index (χ4n) is 6.62. The highest BCUT2D eigenvalue weighted by Gasteiger charge is 2.35. The number of hydrogen-bond donors (Lipinski definition) is 3. The number of nitrogens with one attached hydrogen (secondary N) is 1. The van der Waals surface area contributed by atoms with E-state index in [0.29, 0.717) is 42.1 Å². The topological polar surface area (TPSA) is 137 Å². The number of aromatic nitrogens is 2. The lowest BCUT2D eigenvalue weighted by Crippen LogP contribution is -2.46. The van der Waals surface area contributed by atoms with E-state index in [1.165, 1.54) is 35.7 Å². The molecule has 0 radical (unpaired) electrons. The summed E-state index contributed by atoms with van der Waals surface area (Å²) in [7, 11) is 0. The third-order valence-corrected chi connectivity index (χ3v) is 9.94. The molecule has 1 aromatic heterocycles. The maximum atomic E-state index is 14.0. The van der Waals surface area contributed by atoms with Gasteiger partial charge in [0.1, 0.15) is 0 Å². The first-order valence-electron chi connectivity index (χ1n) is 15.8. The molecule has 46 heavy (non-hydrogen) atoms. The summed E-state index contributed by atoms with van der Waals surface area (Å²) < 4.78 is 43.8. The Morgan fingerprint density at radius 1 is 1.09 bits per heavy atom. The monoisotopic (exact) mass is 665 g/mol. The summed E-state index contributed by atoms with van der Waals surface area (Å²) in [6.07, 6.45) is -1.21. The van der Waals surface area contributed by atoms with Gasteiger partial charge in [-0.3, -0.25) is 19.1 Å². The first-order chi connectivity index (χ1) is 21.9. The molecule has 4 heterocycles. The number of primary amides is 1. The standard InChI is InChI=1S/C31H42F3N7O4S/c1-20(42)36-22-6-11-39(12-7-22)17-23(43)18-41-26-8-13-40(30(45)29(35)44)19-24(26)28(37-41)21-4-5-25(31(32,33)34)27(16-21)46-15-14-38-9-2-3-10-38/h4-5,16,22-23,43H,2-3,6-15,17-19H2,1H3,(H2,35,44)(H,36,42). The van der Waals surface area contributed by atoms with Crippen LogP contribution in [-0.4, -0.2) is 111 Å². The van der Waals surface area contributed by atoms with Crippen molar-refractivity contribution in [1.29, 1.82) is 0 Å². The molecule has 15 heteroatoms. The number of β-amino-alcohol motifs (C(OH)–C–C–N with tert-alkyl or cyclic N) is 1. The summed E-state index contributed by atoms with van der Waals surface area (Å²) >= 11 is 1.17. The Labute approximate surface area is 270 Å².